The highest BCUT2D eigenvalue weighted by Gasteiger charge is 2.24. The number of carbonyl (C=O) groups is 2. The molecule has 0 spiro atoms. The molecule has 0 bridgehead atoms. The first-order valence-electron chi connectivity index (χ1n) is 11.5. The van der Waals surface area contributed by atoms with E-state index in [2.05, 4.69) is 27.9 Å². The van der Waals surface area contributed by atoms with E-state index in [0.29, 0.717) is 23.4 Å². The molecule has 34 heavy (non-hydrogen) atoms. The Bertz CT molecular complexity index is 1320. The minimum Gasteiger partial charge on any atom is -0.349 e. The van der Waals surface area contributed by atoms with Crippen molar-refractivity contribution in [2.75, 3.05) is 5.32 Å². The molecule has 4 aromatic rings. The van der Waals surface area contributed by atoms with Crippen molar-refractivity contribution in [3.63, 3.8) is 0 Å². The first kappa shape index (κ1) is 21.6. The van der Waals surface area contributed by atoms with Crippen LogP contribution in [0.3, 0.4) is 0 Å². The minimum absolute atomic E-state index is 0.103. The van der Waals surface area contributed by atoms with E-state index in [1.807, 2.05) is 66.3 Å². The molecule has 0 saturated heterocycles. The average molecular weight is 451 g/mol. The van der Waals surface area contributed by atoms with Gasteiger partial charge in [-0.05, 0) is 66.3 Å². The van der Waals surface area contributed by atoms with Crippen LogP contribution in [0, 0.1) is 6.92 Å². The minimum atomic E-state index is -0.209. The lowest BCUT2D eigenvalue weighted by Crippen LogP contribution is -2.25. The van der Waals surface area contributed by atoms with Crippen LogP contribution >= 0.6 is 0 Å². The Kier molecular flexibility index (Phi) is 5.95. The van der Waals surface area contributed by atoms with Crippen LogP contribution in [0.4, 0.5) is 5.69 Å². The fraction of sp³-hybridized carbons (Fsp3) is 0.179. The number of nitrogens with one attached hydrogen (secondary N) is 2. The molecule has 0 radical (unpaired) electrons. The summed E-state index contributed by atoms with van der Waals surface area (Å²) in [6.45, 7) is 2.61. The Labute approximate surface area is 198 Å². The maximum absolute atomic E-state index is 13.3. The summed E-state index contributed by atoms with van der Waals surface area (Å²) in [6, 6.07) is 23.3. The van der Waals surface area contributed by atoms with E-state index in [4.69, 9.17) is 0 Å². The average Bonchev–Trinajstić information content (AvgIpc) is 3.52. The molecule has 2 amide bonds. The predicted molar refractivity (Wildman–Crippen MR) is 133 cm³/mol. The summed E-state index contributed by atoms with van der Waals surface area (Å²) in [4.78, 5) is 25.7. The number of hydrogen-bond donors (Lipinski definition) is 2. The molecular formula is C28H26N4O2. The Morgan fingerprint density at radius 2 is 1.76 bits per heavy atom. The molecule has 1 fully saturated rings. The zero-order valence-electron chi connectivity index (χ0n) is 19.0. The zero-order chi connectivity index (χ0) is 23.5. The highest BCUT2D eigenvalue weighted by atomic mass is 16.2. The van der Waals surface area contributed by atoms with Crippen LogP contribution in [-0.4, -0.2) is 27.6 Å². The maximum atomic E-state index is 13.3. The van der Waals surface area contributed by atoms with Crippen molar-refractivity contribution in [1.29, 1.82) is 0 Å². The number of rotatable bonds is 7. The number of anilines is 1. The number of benzene rings is 3. The van der Waals surface area contributed by atoms with Crippen LogP contribution in [0.2, 0.25) is 0 Å². The van der Waals surface area contributed by atoms with E-state index < -0.39 is 0 Å². The van der Waals surface area contributed by atoms with Gasteiger partial charge in [0, 0.05) is 35.2 Å². The summed E-state index contributed by atoms with van der Waals surface area (Å²) in [5.41, 5.74) is 5.61. The predicted octanol–water partition coefficient (Wildman–Crippen LogP) is 5.05. The molecule has 1 aromatic heterocycles. The standard InChI is InChI=1S/C28H26N4O2/c1-19-7-10-22(27(33)30-23-13-14-23)17-26(19)31-28(34)25-6-3-2-5-24(25)21-11-8-20(9-12-21)18-32-16-4-15-29-32/h2-12,15-17,23H,13-14,18H2,1H3,(H,30,33)(H,31,34). The number of nitrogens with zero attached hydrogens (tertiary/aromatic N) is 2. The largest absolute Gasteiger partial charge is 0.349 e. The Morgan fingerprint density at radius 1 is 0.971 bits per heavy atom. The van der Waals surface area contributed by atoms with Gasteiger partial charge in [0.25, 0.3) is 11.8 Å². The molecule has 1 saturated carbocycles. The van der Waals surface area contributed by atoms with Crippen molar-refractivity contribution in [2.45, 2.75) is 32.4 Å². The van der Waals surface area contributed by atoms with E-state index in [-0.39, 0.29) is 17.9 Å². The van der Waals surface area contributed by atoms with Crippen molar-refractivity contribution in [3.8, 4) is 11.1 Å². The fourth-order valence-corrected chi connectivity index (χ4v) is 3.89. The summed E-state index contributed by atoms with van der Waals surface area (Å²) in [7, 11) is 0. The molecule has 5 rings (SSSR count). The van der Waals surface area contributed by atoms with Gasteiger partial charge in [0.2, 0.25) is 0 Å². The van der Waals surface area contributed by atoms with Gasteiger partial charge in [0.15, 0.2) is 0 Å². The second-order valence-corrected chi connectivity index (χ2v) is 8.68. The summed E-state index contributed by atoms with van der Waals surface area (Å²) in [5, 5.41) is 10.3. The first-order valence-corrected chi connectivity index (χ1v) is 11.5. The van der Waals surface area contributed by atoms with E-state index in [1.165, 1.54) is 0 Å². The van der Waals surface area contributed by atoms with Gasteiger partial charge in [-0.25, -0.2) is 0 Å². The third kappa shape index (κ3) is 4.91. The van der Waals surface area contributed by atoms with Crippen molar-refractivity contribution < 1.29 is 9.59 Å². The van der Waals surface area contributed by atoms with Crippen LogP contribution in [0.25, 0.3) is 11.1 Å². The molecule has 6 nitrogen and oxygen atoms in total. The van der Waals surface area contributed by atoms with E-state index >= 15 is 0 Å². The number of carbonyl (C=O) groups excluding carboxylic acids is 2. The molecular weight excluding hydrogens is 424 g/mol. The molecule has 1 aliphatic rings. The van der Waals surface area contributed by atoms with Crippen LogP contribution < -0.4 is 10.6 Å². The molecule has 170 valence electrons. The lowest BCUT2D eigenvalue weighted by atomic mass is 9.98. The van der Waals surface area contributed by atoms with E-state index in [1.54, 1.807) is 18.3 Å². The van der Waals surface area contributed by atoms with Crippen molar-refractivity contribution in [3.05, 3.63) is 107 Å². The Hall–Kier alpha value is -4.19. The van der Waals surface area contributed by atoms with Crippen molar-refractivity contribution in [2.24, 2.45) is 0 Å². The SMILES string of the molecule is Cc1ccc(C(=O)NC2CC2)cc1NC(=O)c1ccccc1-c1ccc(Cn2cccn2)cc1. The van der Waals surface area contributed by atoms with E-state index in [0.717, 1.165) is 35.1 Å². The van der Waals surface area contributed by atoms with Crippen molar-refractivity contribution in [1.82, 2.24) is 15.1 Å². The second-order valence-electron chi connectivity index (χ2n) is 8.68. The third-order valence-electron chi connectivity index (χ3n) is 6.00. The smallest absolute Gasteiger partial charge is 0.256 e. The molecule has 0 atom stereocenters. The summed E-state index contributed by atoms with van der Waals surface area (Å²) < 4.78 is 1.87. The summed E-state index contributed by atoms with van der Waals surface area (Å²) >= 11 is 0. The maximum Gasteiger partial charge on any atom is 0.256 e. The lowest BCUT2D eigenvalue weighted by Gasteiger charge is -2.14. The van der Waals surface area contributed by atoms with Gasteiger partial charge in [-0.15, -0.1) is 0 Å². The fourth-order valence-electron chi connectivity index (χ4n) is 3.89. The summed E-state index contributed by atoms with van der Waals surface area (Å²) in [5.74, 6) is -0.312. The summed E-state index contributed by atoms with van der Waals surface area (Å²) in [6.07, 6.45) is 5.75. The van der Waals surface area contributed by atoms with Crippen LogP contribution in [0.1, 0.15) is 44.7 Å². The number of hydrogen-bond acceptors (Lipinski definition) is 3. The van der Waals surface area contributed by atoms with Gasteiger partial charge >= 0.3 is 0 Å². The highest BCUT2D eigenvalue weighted by Crippen LogP contribution is 2.26. The number of aromatic nitrogens is 2. The van der Waals surface area contributed by atoms with E-state index in [9.17, 15) is 9.59 Å². The highest BCUT2D eigenvalue weighted by molar-refractivity contribution is 6.09. The normalized spacial score (nSPS) is 12.9. The van der Waals surface area contributed by atoms with Crippen LogP contribution in [-0.2, 0) is 6.54 Å². The topological polar surface area (TPSA) is 76.0 Å². The van der Waals surface area contributed by atoms with Gasteiger partial charge in [-0.1, -0.05) is 48.5 Å². The lowest BCUT2D eigenvalue weighted by molar-refractivity contribution is 0.0949. The first-order chi connectivity index (χ1) is 16.6. The molecule has 1 heterocycles. The molecule has 0 unspecified atom stereocenters. The van der Waals surface area contributed by atoms with Crippen LogP contribution in [0.15, 0.2) is 85.2 Å². The molecule has 3 aromatic carbocycles. The monoisotopic (exact) mass is 450 g/mol. The third-order valence-corrected chi connectivity index (χ3v) is 6.00. The second kappa shape index (κ2) is 9.35. The van der Waals surface area contributed by atoms with Gasteiger partial charge in [0.1, 0.15) is 0 Å². The quantitative estimate of drug-likeness (QED) is 0.414. The van der Waals surface area contributed by atoms with Gasteiger partial charge in [-0.2, -0.15) is 5.10 Å². The van der Waals surface area contributed by atoms with Gasteiger partial charge < -0.3 is 10.6 Å². The molecule has 0 aliphatic heterocycles. The number of amides is 2. The van der Waals surface area contributed by atoms with Crippen LogP contribution in [0.5, 0.6) is 0 Å². The Balaban J connectivity index is 1.36. The van der Waals surface area contributed by atoms with Gasteiger partial charge in [0.05, 0.1) is 6.54 Å². The zero-order valence-corrected chi connectivity index (χ0v) is 19.0. The molecule has 1 aliphatic carbocycles. The molecule has 2 N–H and O–H groups in total. The van der Waals surface area contributed by atoms with Gasteiger partial charge in [-0.3, -0.25) is 14.3 Å². The number of aryl methyl sites for hydroxylation is 1. The van der Waals surface area contributed by atoms with Crippen molar-refractivity contribution >= 4 is 17.5 Å². The Morgan fingerprint density at radius 3 is 2.50 bits per heavy atom. The molecule has 6 heteroatoms.